The van der Waals surface area contributed by atoms with Crippen LogP contribution in [0.5, 0.6) is 5.75 Å². The number of anilines is 2. The van der Waals surface area contributed by atoms with E-state index in [1.807, 2.05) is 24.6 Å². The van der Waals surface area contributed by atoms with Gasteiger partial charge < -0.3 is 29.6 Å². The lowest BCUT2D eigenvalue weighted by molar-refractivity contribution is 0.0509. The van der Waals surface area contributed by atoms with Gasteiger partial charge in [0, 0.05) is 26.2 Å². The van der Waals surface area contributed by atoms with Crippen molar-refractivity contribution in [3.63, 3.8) is 0 Å². The Labute approximate surface area is 247 Å². The molecule has 0 saturated carbocycles. The summed E-state index contributed by atoms with van der Waals surface area (Å²) in [6, 6.07) is 10.0. The third-order valence-electron chi connectivity index (χ3n) is 7.14. The number of aromatic nitrogens is 4. The molecule has 1 fully saturated rings. The maximum Gasteiger partial charge on any atom is 0.407 e. The summed E-state index contributed by atoms with van der Waals surface area (Å²) in [6.07, 6.45) is 0.165. The molecule has 3 heterocycles. The zero-order valence-electron chi connectivity index (χ0n) is 24.9. The van der Waals surface area contributed by atoms with Crippen LogP contribution in [0.25, 0.3) is 16.7 Å². The zero-order chi connectivity index (χ0) is 31.1. The Hall–Kier alpha value is -4.94. The summed E-state index contributed by atoms with van der Waals surface area (Å²) in [5.41, 5.74) is 1.15. The molecule has 2 aromatic carbocycles. The topological polar surface area (TPSA) is 133 Å². The summed E-state index contributed by atoms with van der Waals surface area (Å²) >= 11 is 0. The van der Waals surface area contributed by atoms with E-state index < -0.39 is 29.0 Å². The van der Waals surface area contributed by atoms with Crippen molar-refractivity contribution in [2.24, 2.45) is 7.05 Å². The van der Waals surface area contributed by atoms with Crippen LogP contribution in [0.3, 0.4) is 0 Å². The first kappa shape index (κ1) is 29.5. The SMILES string of the molecule is COc1cccc(F)c1-n1nc(C(=O)Nc2ccc3c(nc(C)n3C)c2N2CC[C@H](NC(=O)OC(C)(C)C)C2)ccc1=O. The van der Waals surface area contributed by atoms with Gasteiger partial charge >= 0.3 is 6.09 Å². The van der Waals surface area contributed by atoms with Crippen molar-refractivity contribution in [3.8, 4) is 11.4 Å². The number of ether oxygens (including phenoxy) is 2. The van der Waals surface area contributed by atoms with Crippen LogP contribution in [0.15, 0.2) is 47.3 Å². The first-order chi connectivity index (χ1) is 20.4. The number of alkyl carbamates (subject to hydrolysis) is 1. The molecule has 226 valence electrons. The number of nitrogens with one attached hydrogen (secondary N) is 2. The molecule has 2 aromatic heterocycles. The van der Waals surface area contributed by atoms with Crippen molar-refractivity contribution in [1.82, 2.24) is 24.6 Å². The lowest BCUT2D eigenvalue weighted by Gasteiger charge is -2.24. The number of amides is 2. The number of hydrogen-bond acceptors (Lipinski definition) is 8. The Morgan fingerprint density at radius 2 is 1.86 bits per heavy atom. The zero-order valence-corrected chi connectivity index (χ0v) is 24.9. The number of methoxy groups -OCH3 is 1. The Morgan fingerprint density at radius 3 is 2.58 bits per heavy atom. The molecule has 1 aliphatic rings. The predicted molar refractivity (Wildman–Crippen MR) is 160 cm³/mol. The molecule has 4 aromatic rings. The molecule has 0 spiro atoms. The van der Waals surface area contributed by atoms with Gasteiger partial charge in [-0.3, -0.25) is 9.59 Å². The van der Waals surface area contributed by atoms with Gasteiger partial charge in [-0.1, -0.05) is 6.07 Å². The van der Waals surface area contributed by atoms with Crippen LogP contribution in [-0.4, -0.2) is 63.2 Å². The standard InChI is InChI=1S/C30H34FN7O5/c1-17-32-25-22(36(17)5)12-10-20(27(25)37-15-14-18(16-37)33-29(41)43-30(2,3)4)34-28(40)21-11-13-24(39)38(35-21)26-19(31)8-7-9-23(26)42-6/h7-13,18H,14-16H2,1-6H3,(H,33,41)(H,34,40)/t18-/m0/s1. The van der Waals surface area contributed by atoms with E-state index in [1.165, 1.54) is 31.4 Å². The molecular formula is C30H34FN7O5. The molecule has 43 heavy (non-hydrogen) atoms. The minimum absolute atomic E-state index is 0.0917. The van der Waals surface area contributed by atoms with Crippen molar-refractivity contribution in [1.29, 1.82) is 0 Å². The Balaban J connectivity index is 1.48. The van der Waals surface area contributed by atoms with Crippen molar-refractivity contribution in [2.75, 3.05) is 30.4 Å². The number of aryl methyl sites for hydroxylation is 2. The molecule has 5 rings (SSSR count). The normalized spacial score (nSPS) is 15.0. The number of fused-ring (bicyclic) bond motifs is 1. The largest absolute Gasteiger partial charge is 0.494 e. The lowest BCUT2D eigenvalue weighted by atomic mass is 10.2. The monoisotopic (exact) mass is 591 g/mol. The number of halogens is 1. The van der Waals surface area contributed by atoms with E-state index in [4.69, 9.17) is 14.5 Å². The summed E-state index contributed by atoms with van der Waals surface area (Å²) in [5, 5.41) is 10.0. The average molecular weight is 592 g/mol. The van der Waals surface area contributed by atoms with Gasteiger partial charge in [0.05, 0.1) is 30.0 Å². The second-order valence-electron chi connectivity index (χ2n) is 11.3. The van der Waals surface area contributed by atoms with Crippen molar-refractivity contribution >= 4 is 34.4 Å². The third kappa shape index (κ3) is 6.01. The second-order valence-corrected chi connectivity index (χ2v) is 11.3. The van der Waals surface area contributed by atoms with Gasteiger partial charge in [0.15, 0.2) is 5.82 Å². The lowest BCUT2D eigenvalue weighted by Crippen LogP contribution is -2.40. The van der Waals surface area contributed by atoms with Crippen LogP contribution < -0.4 is 25.8 Å². The van der Waals surface area contributed by atoms with Crippen LogP contribution >= 0.6 is 0 Å². The van der Waals surface area contributed by atoms with Crippen LogP contribution in [0, 0.1) is 12.7 Å². The molecular weight excluding hydrogens is 557 g/mol. The quantitative estimate of drug-likeness (QED) is 0.345. The van der Waals surface area contributed by atoms with Gasteiger partial charge in [-0.15, -0.1) is 0 Å². The number of hydrogen-bond donors (Lipinski definition) is 2. The smallest absolute Gasteiger partial charge is 0.407 e. The maximum absolute atomic E-state index is 14.8. The van der Waals surface area contributed by atoms with Crippen molar-refractivity contribution in [3.05, 3.63) is 70.2 Å². The minimum Gasteiger partial charge on any atom is -0.494 e. The Kier molecular flexibility index (Phi) is 7.82. The van der Waals surface area contributed by atoms with E-state index in [1.54, 1.807) is 26.8 Å². The highest BCUT2D eigenvalue weighted by Gasteiger charge is 2.30. The highest BCUT2D eigenvalue weighted by Crippen LogP contribution is 2.37. The number of imidazole rings is 1. The minimum atomic E-state index is -0.728. The van der Waals surface area contributed by atoms with Crippen LogP contribution in [0.1, 0.15) is 43.5 Å². The number of carbonyl (C=O) groups is 2. The predicted octanol–water partition coefficient (Wildman–Crippen LogP) is 3.93. The summed E-state index contributed by atoms with van der Waals surface area (Å²) in [4.78, 5) is 45.4. The van der Waals surface area contributed by atoms with Crippen LogP contribution in [0.2, 0.25) is 0 Å². The molecule has 2 N–H and O–H groups in total. The molecule has 0 bridgehead atoms. The van der Waals surface area contributed by atoms with Crippen LogP contribution in [0.4, 0.5) is 20.6 Å². The third-order valence-corrected chi connectivity index (χ3v) is 7.14. The highest BCUT2D eigenvalue weighted by molar-refractivity contribution is 6.08. The summed E-state index contributed by atoms with van der Waals surface area (Å²) in [7, 11) is 3.26. The fourth-order valence-electron chi connectivity index (χ4n) is 5.08. The Morgan fingerprint density at radius 1 is 1.09 bits per heavy atom. The number of nitrogens with zero attached hydrogens (tertiary/aromatic N) is 5. The van der Waals surface area contributed by atoms with Gasteiger partial charge in [-0.25, -0.2) is 14.2 Å². The maximum atomic E-state index is 14.8. The van der Waals surface area contributed by atoms with Gasteiger partial charge in [0.25, 0.3) is 11.5 Å². The first-order valence-electron chi connectivity index (χ1n) is 13.8. The van der Waals surface area contributed by atoms with Gasteiger partial charge in [0.2, 0.25) is 0 Å². The van der Waals surface area contributed by atoms with E-state index in [0.29, 0.717) is 36.4 Å². The molecule has 0 radical (unpaired) electrons. The fraction of sp³-hybridized carbons (Fsp3) is 0.367. The highest BCUT2D eigenvalue weighted by atomic mass is 19.1. The molecule has 1 aliphatic heterocycles. The van der Waals surface area contributed by atoms with Crippen LogP contribution in [-0.2, 0) is 11.8 Å². The number of carbonyl (C=O) groups excluding carboxylic acids is 2. The van der Waals surface area contributed by atoms with Gasteiger partial charge in [-0.05, 0) is 64.4 Å². The molecule has 2 amide bonds. The second kappa shape index (κ2) is 11.4. The number of para-hydroxylation sites is 1. The molecule has 12 nitrogen and oxygen atoms in total. The van der Waals surface area contributed by atoms with E-state index in [0.717, 1.165) is 22.1 Å². The number of rotatable bonds is 6. The van der Waals surface area contributed by atoms with Crippen molar-refractivity contribution < 1.29 is 23.5 Å². The Bertz CT molecular complexity index is 1780. The fourth-order valence-corrected chi connectivity index (χ4v) is 5.08. The first-order valence-corrected chi connectivity index (χ1v) is 13.8. The van der Waals surface area contributed by atoms with E-state index in [9.17, 15) is 18.8 Å². The molecule has 0 aliphatic carbocycles. The number of benzene rings is 2. The molecule has 1 saturated heterocycles. The van der Waals surface area contributed by atoms with Crippen molar-refractivity contribution in [2.45, 2.75) is 45.8 Å². The summed E-state index contributed by atoms with van der Waals surface area (Å²) < 4.78 is 28.2. The van der Waals surface area contributed by atoms with E-state index in [2.05, 4.69) is 20.6 Å². The average Bonchev–Trinajstić information content (AvgIpc) is 3.51. The van der Waals surface area contributed by atoms with Gasteiger partial charge in [0.1, 0.15) is 34.1 Å². The molecule has 1 atom stereocenters. The molecule has 0 unspecified atom stereocenters. The van der Waals surface area contributed by atoms with E-state index >= 15 is 0 Å². The van der Waals surface area contributed by atoms with Gasteiger partial charge in [-0.2, -0.15) is 9.78 Å². The van der Waals surface area contributed by atoms with E-state index in [-0.39, 0.29) is 23.2 Å². The summed E-state index contributed by atoms with van der Waals surface area (Å²) in [6.45, 7) is 8.37. The molecule has 13 heteroatoms. The summed E-state index contributed by atoms with van der Waals surface area (Å²) in [5.74, 6) is -0.461.